The van der Waals surface area contributed by atoms with Gasteiger partial charge in [-0.1, -0.05) is 26.0 Å². The average molecular weight is 304 g/mol. The lowest BCUT2D eigenvalue weighted by molar-refractivity contribution is -0.154. The van der Waals surface area contributed by atoms with E-state index in [1.807, 2.05) is 26.0 Å². The normalized spacial score (nSPS) is 28.9. The Labute approximate surface area is 131 Å². The maximum absolute atomic E-state index is 12.7. The molecule has 2 fully saturated rings. The molecular weight excluding hydrogens is 280 g/mol. The summed E-state index contributed by atoms with van der Waals surface area (Å²) in [6.45, 7) is 5.54. The van der Waals surface area contributed by atoms with E-state index in [1.54, 1.807) is 4.90 Å². The Morgan fingerprint density at radius 3 is 2.09 bits per heavy atom. The molecule has 5 nitrogen and oxygen atoms in total. The van der Waals surface area contributed by atoms with Crippen LogP contribution in [0.5, 0.6) is 0 Å². The largest absolute Gasteiger partial charge is 0.341 e. The molecule has 5 heteroatoms. The SMILES string of the molecule is CC(C)C[C@H](C(=O)N1CCC1)N1C(=O)[C@H]2CC=CC[C@@H]2C1=O. The first-order valence-electron chi connectivity index (χ1n) is 8.31. The van der Waals surface area contributed by atoms with E-state index in [-0.39, 0.29) is 35.5 Å². The monoisotopic (exact) mass is 304 g/mol. The van der Waals surface area contributed by atoms with Crippen molar-refractivity contribution in [3.8, 4) is 0 Å². The Balaban J connectivity index is 1.85. The summed E-state index contributed by atoms with van der Waals surface area (Å²) < 4.78 is 0. The van der Waals surface area contributed by atoms with E-state index in [2.05, 4.69) is 0 Å². The molecule has 2 heterocycles. The number of hydrogen-bond acceptors (Lipinski definition) is 3. The molecule has 0 aromatic rings. The van der Waals surface area contributed by atoms with Gasteiger partial charge in [-0.3, -0.25) is 19.3 Å². The third-order valence-corrected chi connectivity index (χ3v) is 5.00. The molecule has 0 aromatic heterocycles. The maximum Gasteiger partial charge on any atom is 0.245 e. The minimum atomic E-state index is -0.606. The van der Waals surface area contributed by atoms with E-state index in [0.29, 0.717) is 19.3 Å². The Morgan fingerprint density at radius 2 is 1.68 bits per heavy atom. The lowest BCUT2D eigenvalue weighted by Crippen LogP contribution is -2.55. The van der Waals surface area contributed by atoms with Crippen LogP contribution >= 0.6 is 0 Å². The van der Waals surface area contributed by atoms with Crippen LogP contribution in [0, 0.1) is 17.8 Å². The highest BCUT2D eigenvalue weighted by Gasteiger charge is 2.51. The topological polar surface area (TPSA) is 57.7 Å². The van der Waals surface area contributed by atoms with E-state index in [9.17, 15) is 14.4 Å². The molecule has 0 N–H and O–H groups in total. The van der Waals surface area contributed by atoms with Crippen molar-refractivity contribution in [2.45, 2.75) is 45.6 Å². The van der Waals surface area contributed by atoms with Crippen molar-refractivity contribution in [2.24, 2.45) is 17.8 Å². The lowest BCUT2D eigenvalue weighted by atomic mass is 9.85. The van der Waals surface area contributed by atoms with Gasteiger partial charge in [0.2, 0.25) is 17.7 Å². The van der Waals surface area contributed by atoms with Crippen LogP contribution in [0.3, 0.4) is 0 Å². The molecule has 0 unspecified atom stereocenters. The zero-order valence-electron chi connectivity index (χ0n) is 13.3. The summed E-state index contributed by atoms with van der Waals surface area (Å²) in [7, 11) is 0. The Hall–Kier alpha value is -1.65. The van der Waals surface area contributed by atoms with Crippen LogP contribution in [0.4, 0.5) is 0 Å². The first kappa shape index (κ1) is 15.3. The number of nitrogens with zero attached hydrogens (tertiary/aromatic N) is 2. The number of carbonyl (C=O) groups excluding carboxylic acids is 3. The average Bonchev–Trinajstić information content (AvgIpc) is 2.67. The van der Waals surface area contributed by atoms with Gasteiger partial charge in [-0.25, -0.2) is 0 Å². The molecule has 3 amide bonds. The number of allylic oxidation sites excluding steroid dienone is 2. The number of rotatable bonds is 4. The fraction of sp³-hybridized carbons (Fsp3) is 0.706. The molecule has 0 aromatic carbocycles. The molecule has 22 heavy (non-hydrogen) atoms. The van der Waals surface area contributed by atoms with Crippen molar-refractivity contribution >= 4 is 17.7 Å². The highest BCUT2D eigenvalue weighted by molar-refractivity contribution is 6.08. The quantitative estimate of drug-likeness (QED) is 0.585. The molecule has 120 valence electrons. The predicted octanol–water partition coefficient (Wildman–Crippen LogP) is 1.58. The number of fused-ring (bicyclic) bond motifs is 1. The van der Waals surface area contributed by atoms with Crippen LogP contribution in [-0.2, 0) is 14.4 Å². The minimum Gasteiger partial charge on any atom is -0.341 e. The molecule has 3 aliphatic rings. The molecule has 1 aliphatic carbocycles. The fourth-order valence-corrected chi connectivity index (χ4v) is 3.64. The minimum absolute atomic E-state index is 0.0479. The summed E-state index contributed by atoms with van der Waals surface area (Å²) in [5, 5.41) is 0. The van der Waals surface area contributed by atoms with Gasteiger partial charge in [-0.15, -0.1) is 0 Å². The zero-order chi connectivity index (χ0) is 15.9. The van der Waals surface area contributed by atoms with Gasteiger partial charge in [0, 0.05) is 13.1 Å². The predicted molar refractivity (Wildman–Crippen MR) is 81.6 cm³/mol. The Kier molecular flexibility index (Phi) is 4.06. The van der Waals surface area contributed by atoms with Gasteiger partial charge in [0.15, 0.2) is 0 Å². The summed E-state index contributed by atoms with van der Waals surface area (Å²) in [4.78, 5) is 41.2. The summed E-state index contributed by atoms with van der Waals surface area (Å²) in [6, 6.07) is -0.606. The van der Waals surface area contributed by atoms with Gasteiger partial charge in [-0.05, 0) is 31.6 Å². The third-order valence-electron chi connectivity index (χ3n) is 5.00. The van der Waals surface area contributed by atoms with Crippen molar-refractivity contribution in [1.29, 1.82) is 0 Å². The van der Waals surface area contributed by atoms with Crippen LogP contribution in [0.25, 0.3) is 0 Å². The van der Waals surface area contributed by atoms with Crippen molar-refractivity contribution < 1.29 is 14.4 Å². The van der Waals surface area contributed by atoms with Gasteiger partial charge in [-0.2, -0.15) is 0 Å². The molecule has 0 bridgehead atoms. The maximum atomic E-state index is 12.7. The number of amides is 3. The second-order valence-corrected chi connectivity index (χ2v) is 7.03. The fourth-order valence-electron chi connectivity index (χ4n) is 3.64. The molecule has 0 saturated carbocycles. The summed E-state index contributed by atoms with van der Waals surface area (Å²) >= 11 is 0. The van der Waals surface area contributed by atoms with Crippen molar-refractivity contribution in [1.82, 2.24) is 9.80 Å². The van der Waals surface area contributed by atoms with Gasteiger partial charge in [0.25, 0.3) is 0 Å². The molecule has 3 rings (SSSR count). The lowest BCUT2D eigenvalue weighted by Gasteiger charge is -2.37. The van der Waals surface area contributed by atoms with Crippen LogP contribution in [0.15, 0.2) is 12.2 Å². The third kappa shape index (κ3) is 2.46. The second-order valence-electron chi connectivity index (χ2n) is 7.03. The number of hydrogen-bond donors (Lipinski definition) is 0. The standard InChI is InChI=1S/C17H24N2O3/c1-11(2)10-14(17(22)18-8-5-9-18)19-15(20)12-6-3-4-7-13(12)16(19)21/h3-4,11-14H,5-10H2,1-2H3/t12-,13-,14+/m0/s1. The highest BCUT2D eigenvalue weighted by Crippen LogP contribution is 2.37. The second kappa shape index (κ2) is 5.86. The van der Waals surface area contributed by atoms with E-state index >= 15 is 0 Å². The van der Waals surface area contributed by atoms with Crippen LogP contribution < -0.4 is 0 Å². The van der Waals surface area contributed by atoms with Crippen LogP contribution in [0.2, 0.25) is 0 Å². The molecule has 0 spiro atoms. The van der Waals surface area contributed by atoms with Gasteiger partial charge in [0.1, 0.15) is 6.04 Å². The van der Waals surface area contributed by atoms with E-state index in [1.165, 1.54) is 4.90 Å². The smallest absolute Gasteiger partial charge is 0.245 e. The van der Waals surface area contributed by atoms with Crippen LogP contribution in [-0.4, -0.2) is 46.7 Å². The van der Waals surface area contributed by atoms with E-state index in [0.717, 1.165) is 19.5 Å². The first-order chi connectivity index (χ1) is 10.5. The van der Waals surface area contributed by atoms with E-state index < -0.39 is 6.04 Å². The molecule has 2 aliphatic heterocycles. The Morgan fingerprint density at radius 1 is 1.14 bits per heavy atom. The molecule has 2 saturated heterocycles. The van der Waals surface area contributed by atoms with Crippen molar-refractivity contribution in [3.05, 3.63) is 12.2 Å². The molecule has 0 radical (unpaired) electrons. The van der Waals surface area contributed by atoms with Gasteiger partial charge in [0.05, 0.1) is 11.8 Å². The van der Waals surface area contributed by atoms with Gasteiger partial charge < -0.3 is 4.90 Å². The number of carbonyl (C=O) groups is 3. The zero-order valence-corrected chi connectivity index (χ0v) is 13.3. The summed E-state index contributed by atoms with van der Waals surface area (Å²) in [5.41, 5.74) is 0. The molecule has 3 atom stereocenters. The van der Waals surface area contributed by atoms with Crippen molar-refractivity contribution in [3.63, 3.8) is 0 Å². The van der Waals surface area contributed by atoms with Crippen LogP contribution in [0.1, 0.15) is 39.5 Å². The summed E-state index contributed by atoms with van der Waals surface area (Å²) in [5.74, 6) is -0.574. The van der Waals surface area contributed by atoms with Gasteiger partial charge >= 0.3 is 0 Å². The number of imide groups is 1. The van der Waals surface area contributed by atoms with Crippen molar-refractivity contribution in [2.75, 3.05) is 13.1 Å². The number of likely N-dealkylation sites (tertiary alicyclic amines) is 2. The van der Waals surface area contributed by atoms with E-state index in [4.69, 9.17) is 0 Å². The Bertz CT molecular complexity index is 496. The summed E-state index contributed by atoms with van der Waals surface area (Å²) in [6.07, 6.45) is 6.77. The highest BCUT2D eigenvalue weighted by atomic mass is 16.2. The first-order valence-corrected chi connectivity index (χ1v) is 8.31. The molecular formula is C17H24N2O3.